The van der Waals surface area contributed by atoms with Crippen molar-refractivity contribution in [1.82, 2.24) is 19.5 Å². The number of ketones is 1. The average molecular weight is 448 g/mol. The number of aryl methyl sites for hydroxylation is 1. The van der Waals surface area contributed by atoms with Crippen molar-refractivity contribution < 1.29 is 14.3 Å². The molecule has 4 aromatic rings. The van der Waals surface area contributed by atoms with Gasteiger partial charge in [-0.1, -0.05) is 23.9 Å². The van der Waals surface area contributed by atoms with Crippen LogP contribution in [-0.4, -0.2) is 43.6 Å². The van der Waals surface area contributed by atoms with E-state index in [1.54, 1.807) is 19.1 Å². The van der Waals surface area contributed by atoms with Crippen molar-refractivity contribution in [3.63, 3.8) is 0 Å². The van der Waals surface area contributed by atoms with E-state index in [2.05, 4.69) is 21.0 Å². The largest absolute Gasteiger partial charge is 0.462 e. The summed E-state index contributed by atoms with van der Waals surface area (Å²) in [6, 6.07) is 14.7. The summed E-state index contributed by atoms with van der Waals surface area (Å²) in [5.41, 5.74) is 3.45. The molecule has 1 unspecified atom stereocenters. The molecular formula is C23H21N5O3S. The van der Waals surface area contributed by atoms with Crippen molar-refractivity contribution in [3.8, 4) is 6.07 Å². The topological polar surface area (TPSA) is 114 Å². The van der Waals surface area contributed by atoms with Crippen molar-refractivity contribution in [3.05, 3.63) is 53.9 Å². The molecule has 2 aromatic heterocycles. The first-order chi connectivity index (χ1) is 15.5. The van der Waals surface area contributed by atoms with Gasteiger partial charge in [0, 0.05) is 6.54 Å². The predicted molar refractivity (Wildman–Crippen MR) is 122 cm³/mol. The van der Waals surface area contributed by atoms with E-state index in [0.29, 0.717) is 40.7 Å². The van der Waals surface area contributed by atoms with Gasteiger partial charge in [0.15, 0.2) is 16.9 Å². The maximum Gasteiger partial charge on any atom is 0.338 e. The quantitative estimate of drug-likeness (QED) is 0.320. The van der Waals surface area contributed by atoms with E-state index in [4.69, 9.17) is 4.74 Å². The number of hydrogen-bond acceptors (Lipinski definition) is 7. The van der Waals surface area contributed by atoms with Crippen LogP contribution in [0.4, 0.5) is 0 Å². The molecule has 2 heterocycles. The number of esters is 1. The Kier molecular flexibility index (Phi) is 6.23. The summed E-state index contributed by atoms with van der Waals surface area (Å²) in [7, 11) is 0. The van der Waals surface area contributed by atoms with Gasteiger partial charge in [-0.25, -0.2) is 14.8 Å². The van der Waals surface area contributed by atoms with Crippen LogP contribution in [0.5, 0.6) is 0 Å². The van der Waals surface area contributed by atoms with Gasteiger partial charge in [-0.2, -0.15) is 5.26 Å². The maximum atomic E-state index is 12.9. The molecular weight excluding hydrogens is 426 g/mol. The molecule has 0 radical (unpaired) electrons. The van der Waals surface area contributed by atoms with Crippen LogP contribution >= 0.6 is 11.8 Å². The molecule has 0 fully saturated rings. The number of imidazole rings is 2. The first kappa shape index (κ1) is 21.6. The summed E-state index contributed by atoms with van der Waals surface area (Å²) in [6.07, 6.45) is 0. The lowest BCUT2D eigenvalue weighted by Gasteiger charge is -2.07. The fraction of sp³-hybridized carbons (Fsp3) is 0.261. The number of carbonyl (C=O) groups excluding carboxylic acids is 2. The van der Waals surface area contributed by atoms with Crippen LogP contribution in [-0.2, 0) is 16.1 Å². The van der Waals surface area contributed by atoms with E-state index in [9.17, 15) is 14.9 Å². The number of nitrogens with one attached hydrogen (secondary N) is 1. The van der Waals surface area contributed by atoms with Crippen LogP contribution in [0.3, 0.4) is 0 Å². The van der Waals surface area contributed by atoms with Gasteiger partial charge < -0.3 is 14.3 Å². The highest BCUT2D eigenvalue weighted by atomic mass is 32.2. The summed E-state index contributed by atoms with van der Waals surface area (Å²) in [5.74, 6) is -1.21. The second-order valence-electron chi connectivity index (χ2n) is 7.02. The zero-order valence-corrected chi connectivity index (χ0v) is 18.5. The van der Waals surface area contributed by atoms with Crippen LogP contribution in [0.25, 0.3) is 22.1 Å². The van der Waals surface area contributed by atoms with Crippen molar-refractivity contribution in [2.24, 2.45) is 0 Å². The normalized spacial score (nSPS) is 12.0. The minimum atomic E-state index is -0.982. The molecule has 4 rings (SSSR count). The number of benzene rings is 2. The molecule has 0 aliphatic heterocycles. The van der Waals surface area contributed by atoms with Crippen LogP contribution in [0.1, 0.15) is 35.9 Å². The zero-order chi connectivity index (χ0) is 22.7. The Bertz CT molecular complexity index is 1320. The van der Waals surface area contributed by atoms with Gasteiger partial charge in [0.1, 0.15) is 5.82 Å². The molecule has 0 saturated carbocycles. The Morgan fingerprint density at radius 3 is 2.72 bits per heavy atom. The van der Waals surface area contributed by atoms with E-state index in [1.807, 2.05) is 41.8 Å². The van der Waals surface area contributed by atoms with E-state index in [-0.39, 0.29) is 11.5 Å². The number of rotatable bonds is 8. The smallest absolute Gasteiger partial charge is 0.338 e. The Balaban J connectivity index is 1.55. The fourth-order valence-corrected chi connectivity index (χ4v) is 4.46. The molecule has 1 N–H and O–H groups in total. The number of fused-ring (bicyclic) bond motifs is 2. The van der Waals surface area contributed by atoms with Crippen molar-refractivity contribution in [2.75, 3.05) is 12.4 Å². The third kappa shape index (κ3) is 4.09. The minimum absolute atomic E-state index is 0.0727. The molecule has 0 aliphatic rings. The molecule has 32 heavy (non-hydrogen) atoms. The van der Waals surface area contributed by atoms with Crippen molar-refractivity contribution in [2.45, 2.75) is 31.5 Å². The number of Topliss-reactive ketones (excluding diaryl/α,β-unsaturated/α-hetero) is 1. The van der Waals surface area contributed by atoms with E-state index in [0.717, 1.165) is 11.0 Å². The Hall–Kier alpha value is -3.64. The lowest BCUT2D eigenvalue weighted by molar-refractivity contribution is -0.117. The summed E-state index contributed by atoms with van der Waals surface area (Å²) < 4.78 is 7.04. The van der Waals surface area contributed by atoms with E-state index in [1.165, 1.54) is 11.8 Å². The van der Waals surface area contributed by atoms with Crippen LogP contribution < -0.4 is 0 Å². The fourth-order valence-electron chi connectivity index (χ4n) is 3.48. The lowest BCUT2D eigenvalue weighted by Crippen LogP contribution is -2.15. The number of aromatic amines is 1. The molecule has 2 aromatic carbocycles. The van der Waals surface area contributed by atoms with Gasteiger partial charge in [-0.05, 0) is 44.2 Å². The second-order valence-corrected chi connectivity index (χ2v) is 7.96. The Morgan fingerprint density at radius 1 is 1.19 bits per heavy atom. The molecule has 1 atom stereocenters. The number of nitriles is 1. The number of carbonyl (C=O) groups is 2. The van der Waals surface area contributed by atoms with Gasteiger partial charge in [0.05, 0.1) is 46.1 Å². The Labute approximate surface area is 188 Å². The summed E-state index contributed by atoms with van der Waals surface area (Å²) in [4.78, 5) is 37.0. The molecule has 0 aliphatic carbocycles. The number of nitrogens with zero attached hydrogens (tertiary/aromatic N) is 4. The number of ether oxygens (including phenoxy) is 1. The predicted octanol–water partition coefficient (Wildman–Crippen LogP) is 4.08. The highest BCUT2D eigenvalue weighted by Gasteiger charge is 2.25. The van der Waals surface area contributed by atoms with Gasteiger partial charge in [0.25, 0.3) is 0 Å². The standard InChI is InChI=1S/C23H21N5O3S/c1-3-28-19-10-9-14(22(30)31-4-2)11-18(19)27-23(28)32-13-20(29)15(12-24)21-25-16-7-5-6-8-17(16)26-21/h5-11,15H,3-4,13H2,1-2H3,(H,25,26). The zero-order valence-electron chi connectivity index (χ0n) is 17.7. The second kappa shape index (κ2) is 9.24. The third-order valence-electron chi connectivity index (χ3n) is 5.02. The number of aromatic nitrogens is 4. The highest BCUT2D eigenvalue weighted by Crippen LogP contribution is 2.27. The molecule has 0 amide bonds. The molecule has 0 bridgehead atoms. The number of thioether (sulfide) groups is 1. The SMILES string of the molecule is CCOC(=O)c1ccc2c(c1)nc(SCC(=O)C(C#N)c1nc3ccccc3[nH]1)n2CC. The van der Waals surface area contributed by atoms with Gasteiger partial charge in [-0.3, -0.25) is 4.79 Å². The van der Waals surface area contributed by atoms with Crippen molar-refractivity contribution in [1.29, 1.82) is 5.26 Å². The molecule has 0 spiro atoms. The summed E-state index contributed by atoms with van der Waals surface area (Å²) >= 11 is 1.27. The molecule has 162 valence electrons. The van der Waals surface area contributed by atoms with E-state index < -0.39 is 11.9 Å². The molecule has 9 heteroatoms. The average Bonchev–Trinajstić information content (AvgIpc) is 3.38. The molecule has 8 nitrogen and oxygen atoms in total. The Morgan fingerprint density at radius 2 is 2.00 bits per heavy atom. The van der Waals surface area contributed by atoms with Crippen LogP contribution in [0.2, 0.25) is 0 Å². The minimum Gasteiger partial charge on any atom is -0.462 e. The van der Waals surface area contributed by atoms with Gasteiger partial charge in [-0.15, -0.1) is 0 Å². The van der Waals surface area contributed by atoms with Crippen molar-refractivity contribution >= 4 is 45.6 Å². The number of para-hydroxylation sites is 2. The monoisotopic (exact) mass is 447 g/mol. The number of H-pyrrole nitrogens is 1. The van der Waals surface area contributed by atoms with E-state index >= 15 is 0 Å². The highest BCUT2D eigenvalue weighted by molar-refractivity contribution is 7.99. The van der Waals surface area contributed by atoms with Crippen LogP contribution in [0.15, 0.2) is 47.6 Å². The first-order valence-electron chi connectivity index (χ1n) is 10.2. The summed E-state index contributed by atoms with van der Waals surface area (Å²) in [6.45, 7) is 4.69. The van der Waals surface area contributed by atoms with Crippen LogP contribution in [0, 0.1) is 11.3 Å². The lowest BCUT2D eigenvalue weighted by atomic mass is 10.1. The molecule has 0 saturated heterocycles. The third-order valence-corrected chi connectivity index (χ3v) is 6.02. The van der Waals surface area contributed by atoms with Gasteiger partial charge in [0.2, 0.25) is 0 Å². The maximum absolute atomic E-state index is 12.9. The first-order valence-corrected chi connectivity index (χ1v) is 11.2. The number of hydrogen-bond donors (Lipinski definition) is 1. The van der Waals surface area contributed by atoms with Gasteiger partial charge >= 0.3 is 5.97 Å². The summed E-state index contributed by atoms with van der Waals surface area (Å²) in [5, 5.41) is 10.3.